The third-order valence-electron chi connectivity index (χ3n) is 5.27. The fourth-order valence-electron chi connectivity index (χ4n) is 3.65. The molecule has 1 N–H and O–H groups in total. The van der Waals surface area contributed by atoms with Gasteiger partial charge in [-0.2, -0.15) is 0 Å². The molecule has 1 aliphatic rings. The molecule has 0 aliphatic heterocycles. The third kappa shape index (κ3) is 3.07. The summed E-state index contributed by atoms with van der Waals surface area (Å²) < 4.78 is 16.1. The van der Waals surface area contributed by atoms with Crippen LogP contribution in [0.5, 0.6) is 0 Å². The number of nitrogens with one attached hydrogen (secondary N) is 1. The van der Waals surface area contributed by atoms with Crippen molar-refractivity contribution in [3.05, 3.63) is 47.8 Å². The summed E-state index contributed by atoms with van der Waals surface area (Å²) in [5, 5.41) is 3.00. The summed E-state index contributed by atoms with van der Waals surface area (Å²) in [6.07, 6.45) is 8.41. The van der Waals surface area contributed by atoms with E-state index in [1.807, 2.05) is 13.0 Å². The molecule has 1 aliphatic carbocycles. The summed E-state index contributed by atoms with van der Waals surface area (Å²) in [4.78, 5) is 16.7. The summed E-state index contributed by atoms with van der Waals surface area (Å²) in [6, 6.07) is 5.07. The first-order valence-electron chi connectivity index (χ1n) is 8.63. The summed E-state index contributed by atoms with van der Waals surface area (Å²) in [7, 11) is 0. The number of hydrogen-bond acceptors (Lipinski definition) is 2. The van der Waals surface area contributed by atoms with E-state index in [9.17, 15) is 9.18 Å². The van der Waals surface area contributed by atoms with Gasteiger partial charge in [0.25, 0.3) is 0 Å². The lowest BCUT2D eigenvalue weighted by atomic mass is 9.82. The Labute approximate surface area is 142 Å². The van der Waals surface area contributed by atoms with Crippen LogP contribution in [-0.4, -0.2) is 15.5 Å². The number of amides is 1. The van der Waals surface area contributed by atoms with Gasteiger partial charge in [0, 0.05) is 24.4 Å². The van der Waals surface area contributed by atoms with Crippen LogP contribution < -0.4 is 5.32 Å². The monoisotopic (exact) mass is 329 g/mol. The van der Waals surface area contributed by atoms with E-state index in [0.29, 0.717) is 12.2 Å². The molecule has 4 nitrogen and oxygen atoms in total. The molecule has 1 amide bonds. The molecule has 3 rings (SSSR count). The zero-order valence-electron chi connectivity index (χ0n) is 14.3. The molecule has 1 saturated carbocycles. The van der Waals surface area contributed by atoms with Gasteiger partial charge in [-0.25, -0.2) is 9.37 Å². The van der Waals surface area contributed by atoms with E-state index in [4.69, 9.17) is 0 Å². The van der Waals surface area contributed by atoms with Crippen LogP contribution in [0.1, 0.15) is 50.4 Å². The zero-order chi connectivity index (χ0) is 17.2. The maximum Gasteiger partial charge on any atom is 0.226 e. The van der Waals surface area contributed by atoms with Gasteiger partial charge in [0.15, 0.2) is 0 Å². The molecule has 0 unspecified atom stereocenters. The molecule has 1 aromatic heterocycles. The standard InChI is InChI=1S/C19H24FN3O/c1-3-19(8-4-5-9-19)18(24)22-13-15-6-7-17(16(20)12-15)23-11-10-21-14(23)2/h6-7,10-12H,3-5,8-9,13H2,1-2H3,(H,22,24). The molecular formula is C19H24FN3O. The maximum absolute atomic E-state index is 14.4. The molecular weight excluding hydrogens is 305 g/mol. The first kappa shape index (κ1) is 16.7. The lowest BCUT2D eigenvalue weighted by Gasteiger charge is -2.26. The first-order valence-corrected chi connectivity index (χ1v) is 8.63. The summed E-state index contributed by atoms with van der Waals surface area (Å²) >= 11 is 0. The second-order valence-electron chi connectivity index (χ2n) is 6.65. The molecule has 1 heterocycles. The summed E-state index contributed by atoms with van der Waals surface area (Å²) in [5.41, 5.74) is 1.03. The van der Waals surface area contributed by atoms with Crippen molar-refractivity contribution >= 4 is 5.91 Å². The van der Waals surface area contributed by atoms with Gasteiger partial charge in [-0.05, 0) is 43.9 Å². The van der Waals surface area contributed by atoms with Crippen LogP contribution in [0.25, 0.3) is 5.69 Å². The van der Waals surface area contributed by atoms with E-state index in [-0.39, 0.29) is 17.1 Å². The molecule has 5 heteroatoms. The Morgan fingerprint density at radius 3 is 2.71 bits per heavy atom. The number of aromatic nitrogens is 2. The molecule has 0 bridgehead atoms. The van der Waals surface area contributed by atoms with E-state index < -0.39 is 0 Å². The van der Waals surface area contributed by atoms with E-state index in [1.165, 1.54) is 6.07 Å². The van der Waals surface area contributed by atoms with Crippen molar-refractivity contribution in [2.45, 2.75) is 52.5 Å². The smallest absolute Gasteiger partial charge is 0.226 e. The summed E-state index contributed by atoms with van der Waals surface area (Å²) in [5.74, 6) is 0.535. The number of carbonyl (C=O) groups is 1. The highest BCUT2D eigenvalue weighted by molar-refractivity contribution is 5.82. The van der Waals surface area contributed by atoms with Crippen molar-refractivity contribution in [1.29, 1.82) is 0 Å². The van der Waals surface area contributed by atoms with E-state index in [0.717, 1.165) is 43.5 Å². The van der Waals surface area contributed by atoms with Crippen LogP contribution in [0.2, 0.25) is 0 Å². The highest BCUT2D eigenvalue weighted by Gasteiger charge is 2.38. The molecule has 1 aromatic carbocycles. The third-order valence-corrected chi connectivity index (χ3v) is 5.27. The predicted octanol–water partition coefficient (Wildman–Crippen LogP) is 3.91. The van der Waals surface area contributed by atoms with Gasteiger partial charge in [-0.15, -0.1) is 0 Å². The highest BCUT2D eigenvalue weighted by atomic mass is 19.1. The zero-order valence-corrected chi connectivity index (χ0v) is 14.3. The van der Waals surface area contributed by atoms with Crippen LogP contribution in [-0.2, 0) is 11.3 Å². The SMILES string of the molecule is CCC1(C(=O)NCc2ccc(-n3ccnc3C)c(F)c2)CCCC1. The number of imidazole rings is 1. The quantitative estimate of drug-likeness (QED) is 0.904. The van der Waals surface area contributed by atoms with Crippen molar-refractivity contribution < 1.29 is 9.18 Å². The fraction of sp³-hybridized carbons (Fsp3) is 0.474. The fourth-order valence-corrected chi connectivity index (χ4v) is 3.65. The molecule has 128 valence electrons. The number of nitrogens with zero attached hydrogens (tertiary/aromatic N) is 2. The number of benzene rings is 1. The van der Waals surface area contributed by atoms with Crippen LogP contribution in [0.3, 0.4) is 0 Å². The van der Waals surface area contributed by atoms with Gasteiger partial charge in [-0.1, -0.05) is 25.8 Å². The molecule has 0 radical (unpaired) electrons. The topological polar surface area (TPSA) is 46.9 Å². The molecule has 2 aromatic rings. The van der Waals surface area contributed by atoms with Crippen molar-refractivity contribution in [1.82, 2.24) is 14.9 Å². The second-order valence-corrected chi connectivity index (χ2v) is 6.65. The average Bonchev–Trinajstić information content (AvgIpc) is 3.22. The Balaban J connectivity index is 1.69. The minimum absolute atomic E-state index is 0.109. The molecule has 0 saturated heterocycles. The van der Waals surface area contributed by atoms with Crippen LogP contribution in [0.4, 0.5) is 4.39 Å². The average molecular weight is 329 g/mol. The minimum Gasteiger partial charge on any atom is -0.352 e. The molecule has 24 heavy (non-hydrogen) atoms. The Morgan fingerprint density at radius 2 is 2.12 bits per heavy atom. The van der Waals surface area contributed by atoms with Gasteiger partial charge in [0.1, 0.15) is 11.6 Å². The van der Waals surface area contributed by atoms with Crippen molar-refractivity contribution in [3.63, 3.8) is 0 Å². The Hall–Kier alpha value is -2.17. The highest BCUT2D eigenvalue weighted by Crippen LogP contribution is 2.41. The number of carbonyl (C=O) groups excluding carboxylic acids is 1. The lowest BCUT2D eigenvalue weighted by Crippen LogP contribution is -2.38. The maximum atomic E-state index is 14.4. The van der Waals surface area contributed by atoms with Crippen molar-refractivity contribution in [2.75, 3.05) is 0 Å². The van der Waals surface area contributed by atoms with Crippen LogP contribution >= 0.6 is 0 Å². The molecule has 0 atom stereocenters. The Kier molecular flexibility index (Phi) is 4.69. The number of hydrogen-bond donors (Lipinski definition) is 1. The second kappa shape index (κ2) is 6.75. The van der Waals surface area contributed by atoms with Gasteiger partial charge < -0.3 is 9.88 Å². The van der Waals surface area contributed by atoms with Gasteiger partial charge >= 0.3 is 0 Å². The summed E-state index contributed by atoms with van der Waals surface area (Å²) in [6.45, 7) is 4.27. The van der Waals surface area contributed by atoms with E-state index >= 15 is 0 Å². The largest absolute Gasteiger partial charge is 0.352 e. The van der Waals surface area contributed by atoms with E-state index in [1.54, 1.807) is 23.0 Å². The van der Waals surface area contributed by atoms with Crippen molar-refractivity contribution in [2.24, 2.45) is 5.41 Å². The lowest BCUT2D eigenvalue weighted by molar-refractivity contribution is -0.131. The number of rotatable bonds is 5. The predicted molar refractivity (Wildman–Crippen MR) is 91.3 cm³/mol. The van der Waals surface area contributed by atoms with Gasteiger partial charge in [-0.3, -0.25) is 4.79 Å². The number of halogens is 1. The van der Waals surface area contributed by atoms with Gasteiger partial charge in [0.2, 0.25) is 5.91 Å². The molecule has 0 spiro atoms. The van der Waals surface area contributed by atoms with Crippen molar-refractivity contribution in [3.8, 4) is 5.69 Å². The first-order chi connectivity index (χ1) is 11.6. The number of aryl methyl sites for hydroxylation is 1. The molecule has 1 fully saturated rings. The normalized spacial score (nSPS) is 16.3. The minimum atomic E-state index is -0.311. The Morgan fingerprint density at radius 1 is 1.38 bits per heavy atom. The van der Waals surface area contributed by atoms with Crippen LogP contribution in [0, 0.1) is 18.2 Å². The van der Waals surface area contributed by atoms with E-state index in [2.05, 4.69) is 17.2 Å². The van der Waals surface area contributed by atoms with Crippen LogP contribution in [0.15, 0.2) is 30.6 Å². The Bertz CT molecular complexity index is 732. The van der Waals surface area contributed by atoms with Gasteiger partial charge in [0.05, 0.1) is 5.69 Å².